The van der Waals surface area contributed by atoms with E-state index < -0.39 is 0 Å². The SMILES string of the molecule is CCc1ccc(C(Cl)c2cc(OC)c(OC)cc2C)s1. The Kier molecular flexibility index (Phi) is 4.95. The zero-order chi connectivity index (χ0) is 14.7. The molecule has 2 nitrogen and oxygen atoms in total. The molecule has 0 radical (unpaired) electrons. The van der Waals surface area contributed by atoms with Crippen molar-refractivity contribution in [1.29, 1.82) is 0 Å². The average Bonchev–Trinajstić information content (AvgIpc) is 2.95. The Balaban J connectivity index is 2.40. The molecule has 0 N–H and O–H groups in total. The van der Waals surface area contributed by atoms with Crippen LogP contribution in [0.25, 0.3) is 0 Å². The summed E-state index contributed by atoms with van der Waals surface area (Å²) in [6.07, 6.45) is 1.04. The van der Waals surface area contributed by atoms with Crippen LogP contribution in [-0.4, -0.2) is 14.2 Å². The lowest BCUT2D eigenvalue weighted by Gasteiger charge is -2.15. The zero-order valence-electron chi connectivity index (χ0n) is 12.2. The van der Waals surface area contributed by atoms with Crippen LogP contribution in [0.3, 0.4) is 0 Å². The Bertz CT molecular complexity index is 592. The first-order valence-electron chi connectivity index (χ1n) is 6.55. The van der Waals surface area contributed by atoms with E-state index in [0.717, 1.165) is 23.3 Å². The van der Waals surface area contributed by atoms with Crippen LogP contribution in [0.4, 0.5) is 0 Å². The Hall–Kier alpha value is -1.19. The maximum atomic E-state index is 6.65. The first kappa shape index (κ1) is 15.2. The van der Waals surface area contributed by atoms with Gasteiger partial charge in [0.05, 0.1) is 19.6 Å². The monoisotopic (exact) mass is 310 g/mol. The number of rotatable bonds is 5. The van der Waals surface area contributed by atoms with Gasteiger partial charge >= 0.3 is 0 Å². The van der Waals surface area contributed by atoms with Gasteiger partial charge in [-0.3, -0.25) is 0 Å². The van der Waals surface area contributed by atoms with Crippen molar-refractivity contribution in [3.8, 4) is 11.5 Å². The van der Waals surface area contributed by atoms with Gasteiger partial charge in [0.2, 0.25) is 0 Å². The molecule has 0 spiro atoms. The van der Waals surface area contributed by atoms with Crippen LogP contribution in [-0.2, 0) is 6.42 Å². The standard InChI is InChI=1S/C16H19ClO2S/c1-5-11-6-7-15(20-11)16(17)12-9-14(19-4)13(18-3)8-10(12)2/h6-9,16H,5H2,1-4H3. The average molecular weight is 311 g/mol. The third-order valence-corrected chi connectivity index (χ3v) is 5.22. The maximum absolute atomic E-state index is 6.65. The molecule has 0 aliphatic heterocycles. The van der Waals surface area contributed by atoms with Gasteiger partial charge in [-0.15, -0.1) is 22.9 Å². The minimum Gasteiger partial charge on any atom is -0.493 e. The van der Waals surface area contributed by atoms with Gasteiger partial charge in [0.15, 0.2) is 11.5 Å². The molecule has 0 saturated carbocycles. The van der Waals surface area contributed by atoms with Crippen LogP contribution in [0.1, 0.15) is 33.2 Å². The predicted molar refractivity (Wildman–Crippen MR) is 85.7 cm³/mol. The number of alkyl halides is 1. The van der Waals surface area contributed by atoms with Gasteiger partial charge in [0.25, 0.3) is 0 Å². The van der Waals surface area contributed by atoms with Crippen LogP contribution in [0.15, 0.2) is 24.3 Å². The van der Waals surface area contributed by atoms with Crippen LogP contribution >= 0.6 is 22.9 Å². The number of ether oxygens (including phenoxy) is 2. The van der Waals surface area contributed by atoms with Gasteiger partial charge in [-0.1, -0.05) is 6.92 Å². The number of hydrogen-bond donors (Lipinski definition) is 0. The number of aryl methyl sites for hydroxylation is 2. The Morgan fingerprint density at radius 1 is 1.15 bits per heavy atom. The molecule has 0 amide bonds. The highest BCUT2D eigenvalue weighted by molar-refractivity contribution is 7.12. The van der Waals surface area contributed by atoms with Crippen molar-refractivity contribution in [2.75, 3.05) is 14.2 Å². The Morgan fingerprint density at radius 3 is 2.35 bits per heavy atom. The molecular formula is C16H19ClO2S. The third kappa shape index (κ3) is 2.94. The van der Waals surface area contributed by atoms with Crippen LogP contribution in [0.2, 0.25) is 0 Å². The summed E-state index contributed by atoms with van der Waals surface area (Å²) in [5.41, 5.74) is 2.17. The van der Waals surface area contributed by atoms with Crippen molar-refractivity contribution in [3.63, 3.8) is 0 Å². The van der Waals surface area contributed by atoms with E-state index in [1.807, 2.05) is 19.1 Å². The largest absolute Gasteiger partial charge is 0.493 e. The normalized spacial score (nSPS) is 12.2. The van der Waals surface area contributed by atoms with Crippen LogP contribution < -0.4 is 9.47 Å². The molecule has 1 heterocycles. The first-order chi connectivity index (χ1) is 9.60. The second-order valence-corrected chi connectivity index (χ2v) is 6.22. The fourth-order valence-electron chi connectivity index (χ4n) is 2.14. The van der Waals surface area contributed by atoms with E-state index in [4.69, 9.17) is 21.1 Å². The minimum absolute atomic E-state index is 0.153. The van der Waals surface area contributed by atoms with Gasteiger partial charge in [-0.05, 0) is 48.7 Å². The van der Waals surface area contributed by atoms with E-state index in [2.05, 4.69) is 19.1 Å². The molecule has 0 bridgehead atoms. The number of methoxy groups -OCH3 is 2. The molecule has 108 valence electrons. The highest BCUT2D eigenvalue weighted by Gasteiger charge is 2.18. The zero-order valence-corrected chi connectivity index (χ0v) is 13.8. The van der Waals surface area contributed by atoms with Gasteiger partial charge < -0.3 is 9.47 Å². The van der Waals surface area contributed by atoms with Crippen molar-refractivity contribution in [1.82, 2.24) is 0 Å². The molecule has 4 heteroatoms. The molecule has 0 aliphatic rings. The number of hydrogen-bond acceptors (Lipinski definition) is 3. The second-order valence-electron chi connectivity index (χ2n) is 4.58. The molecule has 0 aliphatic carbocycles. The fourth-order valence-corrected chi connectivity index (χ4v) is 3.53. The van der Waals surface area contributed by atoms with E-state index in [1.165, 1.54) is 9.75 Å². The minimum atomic E-state index is -0.153. The second kappa shape index (κ2) is 6.51. The molecule has 2 aromatic rings. The van der Waals surface area contributed by atoms with Crippen molar-refractivity contribution in [2.45, 2.75) is 25.6 Å². The van der Waals surface area contributed by atoms with Crippen molar-refractivity contribution in [3.05, 3.63) is 45.1 Å². The summed E-state index contributed by atoms with van der Waals surface area (Å²) in [4.78, 5) is 2.52. The van der Waals surface area contributed by atoms with E-state index in [-0.39, 0.29) is 5.38 Å². The molecule has 1 atom stereocenters. The summed E-state index contributed by atoms with van der Waals surface area (Å²) in [5, 5.41) is -0.153. The van der Waals surface area contributed by atoms with Crippen molar-refractivity contribution >= 4 is 22.9 Å². The molecule has 0 fully saturated rings. The maximum Gasteiger partial charge on any atom is 0.161 e. The lowest BCUT2D eigenvalue weighted by molar-refractivity contribution is 0.354. The van der Waals surface area contributed by atoms with E-state index in [1.54, 1.807) is 25.6 Å². The van der Waals surface area contributed by atoms with Crippen molar-refractivity contribution < 1.29 is 9.47 Å². The Labute approximate surface area is 129 Å². The summed E-state index contributed by atoms with van der Waals surface area (Å²) >= 11 is 8.41. The molecule has 1 aromatic carbocycles. The van der Waals surface area contributed by atoms with E-state index in [0.29, 0.717) is 5.75 Å². The highest BCUT2D eigenvalue weighted by Crippen LogP contribution is 2.40. The van der Waals surface area contributed by atoms with Gasteiger partial charge in [0.1, 0.15) is 0 Å². The molecule has 20 heavy (non-hydrogen) atoms. The van der Waals surface area contributed by atoms with Gasteiger partial charge in [0, 0.05) is 9.75 Å². The first-order valence-corrected chi connectivity index (χ1v) is 7.81. The third-order valence-electron chi connectivity index (χ3n) is 3.33. The van der Waals surface area contributed by atoms with Crippen LogP contribution in [0.5, 0.6) is 11.5 Å². The number of benzene rings is 1. The van der Waals surface area contributed by atoms with Crippen molar-refractivity contribution in [2.24, 2.45) is 0 Å². The summed E-state index contributed by atoms with van der Waals surface area (Å²) in [5.74, 6) is 1.45. The topological polar surface area (TPSA) is 18.5 Å². The molecular weight excluding hydrogens is 292 g/mol. The lowest BCUT2D eigenvalue weighted by atomic mass is 10.0. The number of halogens is 1. The smallest absolute Gasteiger partial charge is 0.161 e. The van der Waals surface area contributed by atoms with E-state index in [9.17, 15) is 0 Å². The van der Waals surface area contributed by atoms with Gasteiger partial charge in [-0.2, -0.15) is 0 Å². The molecule has 1 unspecified atom stereocenters. The van der Waals surface area contributed by atoms with Crippen LogP contribution in [0, 0.1) is 6.92 Å². The summed E-state index contributed by atoms with van der Waals surface area (Å²) < 4.78 is 10.7. The summed E-state index contributed by atoms with van der Waals surface area (Å²) in [6.45, 7) is 4.20. The lowest BCUT2D eigenvalue weighted by Crippen LogP contribution is -1.98. The molecule has 1 aromatic heterocycles. The summed E-state index contributed by atoms with van der Waals surface area (Å²) in [6, 6.07) is 8.19. The molecule has 0 saturated heterocycles. The Morgan fingerprint density at radius 2 is 1.80 bits per heavy atom. The predicted octanol–water partition coefficient (Wildman–Crippen LogP) is 4.96. The highest BCUT2D eigenvalue weighted by atomic mass is 35.5. The van der Waals surface area contributed by atoms with E-state index >= 15 is 0 Å². The number of thiophene rings is 1. The van der Waals surface area contributed by atoms with Gasteiger partial charge in [-0.25, -0.2) is 0 Å². The fraction of sp³-hybridized carbons (Fsp3) is 0.375. The molecule has 2 rings (SSSR count). The summed E-state index contributed by atoms with van der Waals surface area (Å²) in [7, 11) is 3.28. The quantitative estimate of drug-likeness (QED) is 0.726.